The lowest BCUT2D eigenvalue weighted by atomic mass is 10.2. The first kappa shape index (κ1) is 18.3. The summed E-state index contributed by atoms with van der Waals surface area (Å²) < 4.78 is 5.36. The maximum Gasteiger partial charge on any atom is 0.251 e. The summed E-state index contributed by atoms with van der Waals surface area (Å²) in [6.07, 6.45) is 0. The van der Waals surface area contributed by atoms with Gasteiger partial charge < -0.3 is 20.7 Å². The van der Waals surface area contributed by atoms with Crippen molar-refractivity contribution in [2.24, 2.45) is 0 Å². The van der Waals surface area contributed by atoms with E-state index >= 15 is 0 Å². The first-order valence-electron chi connectivity index (χ1n) is 8.27. The van der Waals surface area contributed by atoms with Gasteiger partial charge in [-0.2, -0.15) is 0 Å². The summed E-state index contributed by atoms with van der Waals surface area (Å²) in [7, 11) is 0. The van der Waals surface area contributed by atoms with Gasteiger partial charge >= 0.3 is 0 Å². The summed E-state index contributed by atoms with van der Waals surface area (Å²) in [6, 6.07) is 14.2. The number of carbonyl (C=O) groups excluding carboxylic acids is 2. The second-order valence-corrected chi connectivity index (χ2v) is 5.30. The van der Waals surface area contributed by atoms with E-state index < -0.39 is 0 Å². The molecule has 0 aliphatic rings. The van der Waals surface area contributed by atoms with Gasteiger partial charge in [-0.3, -0.25) is 9.59 Å². The molecule has 0 atom stereocenters. The van der Waals surface area contributed by atoms with E-state index in [9.17, 15) is 9.59 Å². The van der Waals surface area contributed by atoms with Crippen LogP contribution in [0.3, 0.4) is 0 Å². The highest BCUT2D eigenvalue weighted by molar-refractivity contribution is 5.95. The predicted molar refractivity (Wildman–Crippen MR) is 99.2 cm³/mol. The molecule has 0 saturated carbocycles. The molecule has 2 rings (SSSR count). The average molecular weight is 341 g/mol. The molecule has 2 aromatic carbocycles. The van der Waals surface area contributed by atoms with Crippen molar-refractivity contribution in [3.05, 3.63) is 54.1 Å². The van der Waals surface area contributed by atoms with E-state index in [4.69, 9.17) is 4.74 Å². The van der Waals surface area contributed by atoms with Crippen LogP contribution in [0.25, 0.3) is 0 Å². The Morgan fingerprint density at radius 2 is 1.56 bits per heavy atom. The number of carbonyl (C=O) groups is 2. The quantitative estimate of drug-likeness (QED) is 0.690. The van der Waals surface area contributed by atoms with Crippen LogP contribution in [-0.4, -0.2) is 31.5 Å². The fraction of sp³-hybridized carbons (Fsp3) is 0.263. The Morgan fingerprint density at radius 3 is 2.16 bits per heavy atom. The lowest BCUT2D eigenvalue weighted by molar-refractivity contribution is -0.114. The van der Waals surface area contributed by atoms with E-state index in [1.54, 1.807) is 36.4 Å². The van der Waals surface area contributed by atoms with Gasteiger partial charge in [0, 0.05) is 23.5 Å². The van der Waals surface area contributed by atoms with Crippen molar-refractivity contribution in [1.82, 2.24) is 5.32 Å². The molecule has 0 aromatic heterocycles. The fourth-order valence-electron chi connectivity index (χ4n) is 2.19. The largest absolute Gasteiger partial charge is 0.494 e. The zero-order valence-corrected chi connectivity index (χ0v) is 14.5. The molecule has 0 radical (unpaired) electrons. The highest BCUT2D eigenvalue weighted by Crippen LogP contribution is 2.15. The molecule has 0 spiro atoms. The second-order valence-electron chi connectivity index (χ2n) is 5.30. The summed E-state index contributed by atoms with van der Waals surface area (Å²) in [4.78, 5) is 23.7. The van der Waals surface area contributed by atoms with E-state index in [2.05, 4.69) is 16.0 Å². The molecule has 0 unspecified atom stereocenters. The molecule has 0 aliphatic heterocycles. The van der Waals surface area contributed by atoms with Gasteiger partial charge in [0.2, 0.25) is 5.91 Å². The third-order valence-electron chi connectivity index (χ3n) is 3.39. The van der Waals surface area contributed by atoms with E-state index in [0.29, 0.717) is 24.4 Å². The van der Waals surface area contributed by atoms with Crippen LogP contribution in [0.2, 0.25) is 0 Å². The normalized spacial score (nSPS) is 10.0. The smallest absolute Gasteiger partial charge is 0.251 e. The average Bonchev–Trinajstić information content (AvgIpc) is 2.62. The lowest BCUT2D eigenvalue weighted by Gasteiger charge is -2.09. The van der Waals surface area contributed by atoms with E-state index in [-0.39, 0.29) is 18.4 Å². The van der Waals surface area contributed by atoms with Crippen molar-refractivity contribution in [1.29, 1.82) is 0 Å². The number of ether oxygens (including phenoxy) is 1. The number of amides is 2. The summed E-state index contributed by atoms with van der Waals surface area (Å²) >= 11 is 0. The minimum atomic E-state index is -0.156. The van der Waals surface area contributed by atoms with Crippen LogP contribution in [0.1, 0.15) is 24.2 Å². The lowest BCUT2D eigenvalue weighted by Crippen LogP contribution is -2.23. The third-order valence-corrected chi connectivity index (χ3v) is 3.39. The van der Waals surface area contributed by atoms with E-state index in [1.165, 1.54) is 0 Å². The Morgan fingerprint density at radius 1 is 0.920 bits per heavy atom. The van der Waals surface area contributed by atoms with Gasteiger partial charge in [-0.25, -0.2) is 0 Å². The molecular weight excluding hydrogens is 318 g/mol. The second kappa shape index (κ2) is 9.32. The molecule has 2 aromatic rings. The third kappa shape index (κ3) is 5.84. The zero-order valence-electron chi connectivity index (χ0n) is 14.5. The van der Waals surface area contributed by atoms with Crippen molar-refractivity contribution in [2.45, 2.75) is 13.8 Å². The molecule has 0 bridgehead atoms. The minimum absolute atomic E-state index is 0.109. The SMILES string of the molecule is CCNC(=O)c1ccc(NCC(=O)Nc2ccc(OCC)cc2)cc1. The van der Waals surface area contributed by atoms with Crippen LogP contribution >= 0.6 is 0 Å². The summed E-state index contributed by atoms with van der Waals surface area (Å²) in [5.74, 6) is 0.505. The van der Waals surface area contributed by atoms with Crippen molar-refractivity contribution in [3.63, 3.8) is 0 Å². The number of benzene rings is 2. The van der Waals surface area contributed by atoms with Crippen molar-refractivity contribution < 1.29 is 14.3 Å². The summed E-state index contributed by atoms with van der Waals surface area (Å²) in [5, 5.41) is 8.57. The molecule has 0 aliphatic carbocycles. The molecular formula is C19H23N3O3. The molecule has 132 valence electrons. The van der Waals surface area contributed by atoms with Gasteiger partial charge in [0.1, 0.15) is 5.75 Å². The molecule has 2 amide bonds. The number of hydrogen-bond donors (Lipinski definition) is 3. The van der Waals surface area contributed by atoms with Gasteiger partial charge in [-0.1, -0.05) is 0 Å². The molecule has 6 nitrogen and oxygen atoms in total. The van der Waals surface area contributed by atoms with Crippen molar-refractivity contribution >= 4 is 23.2 Å². The van der Waals surface area contributed by atoms with Crippen LogP contribution < -0.4 is 20.7 Å². The predicted octanol–water partition coefficient (Wildman–Crippen LogP) is 2.89. The molecule has 6 heteroatoms. The van der Waals surface area contributed by atoms with Gasteiger partial charge in [-0.05, 0) is 62.4 Å². The summed E-state index contributed by atoms with van der Waals surface area (Å²) in [5.41, 5.74) is 2.07. The molecule has 0 fully saturated rings. The van der Waals surface area contributed by atoms with Crippen LogP contribution in [-0.2, 0) is 4.79 Å². The number of rotatable bonds is 8. The van der Waals surface area contributed by atoms with Gasteiger partial charge in [0.05, 0.1) is 13.2 Å². The Labute approximate surface area is 147 Å². The first-order chi connectivity index (χ1) is 12.1. The monoisotopic (exact) mass is 341 g/mol. The maximum absolute atomic E-state index is 12.0. The number of anilines is 2. The van der Waals surface area contributed by atoms with E-state index in [1.807, 2.05) is 26.0 Å². The molecule has 3 N–H and O–H groups in total. The maximum atomic E-state index is 12.0. The first-order valence-corrected chi connectivity index (χ1v) is 8.27. The molecule has 0 saturated heterocycles. The Balaban J connectivity index is 1.82. The molecule has 0 heterocycles. The highest BCUT2D eigenvalue weighted by Gasteiger charge is 2.05. The summed E-state index contributed by atoms with van der Waals surface area (Å²) in [6.45, 7) is 5.12. The Hall–Kier alpha value is -3.02. The number of hydrogen-bond acceptors (Lipinski definition) is 4. The van der Waals surface area contributed by atoms with Crippen LogP contribution in [0.5, 0.6) is 5.75 Å². The van der Waals surface area contributed by atoms with E-state index in [0.717, 1.165) is 11.4 Å². The van der Waals surface area contributed by atoms with Gasteiger partial charge in [0.15, 0.2) is 0 Å². The zero-order chi connectivity index (χ0) is 18.1. The van der Waals surface area contributed by atoms with Crippen LogP contribution in [0, 0.1) is 0 Å². The van der Waals surface area contributed by atoms with Crippen LogP contribution in [0.15, 0.2) is 48.5 Å². The standard InChI is InChI=1S/C19H23N3O3/c1-3-20-19(24)14-5-7-15(8-6-14)21-13-18(23)22-16-9-11-17(12-10-16)25-4-2/h5-12,21H,3-4,13H2,1-2H3,(H,20,24)(H,22,23). The Kier molecular flexibility index (Phi) is 6.83. The number of nitrogens with one attached hydrogen (secondary N) is 3. The van der Waals surface area contributed by atoms with Gasteiger partial charge in [-0.15, -0.1) is 0 Å². The topological polar surface area (TPSA) is 79.5 Å². The molecule has 25 heavy (non-hydrogen) atoms. The highest BCUT2D eigenvalue weighted by atomic mass is 16.5. The fourth-order valence-corrected chi connectivity index (χ4v) is 2.19. The minimum Gasteiger partial charge on any atom is -0.494 e. The van der Waals surface area contributed by atoms with Crippen molar-refractivity contribution in [3.8, 4) is 5.75 Å². The van der Waals surface area contributed by atoms with Crippen LogP contribution in [0.4, 0.5) is 11.4 Å². The Bertz CT molecular complexity index is 697. The van der Waals surface area contributed by atoms with Crippen molar-refractivity contribution in [2.75, 3.05) is 30.3 Å². The van der Waals surface area contributed by atoms with Gasteiger partial charge in [0.25, 0.3) is 5.91 Å².